The van der Waals surface area contributed by atoms with Gasteiger partial charge in [-0.15, -0.1) is 0 Å². The summed E-state index contributed by atoms with van der Waals surface area (Å²) in [6, 6.07) is 6.78. The van der Waals surface area contributed by atoms with E-state index in [9.17, 15) is 9.18 Å². The maximum atomic E-state index is 14.1. The Morgan fingerprint density at radius 3 is 2.41 bits per heavy atom. The second-order valence-electron chi connectivity index (χ2n) is 7.28. The van der Waals surface area contributed by atoms with Gasteiger partial charge in [0.05, 0.1) is 5.41 Å². The Hall–Kier alpha value is -1.42. The Bertz CT molecular complexity index is 581. The van der Waals surface area contributed by atoms with Gasteiger partial charge in [-0.2, -0.15) is 0 Å². The minimum atomic E-state index is -0.566. The standard InChI is InChI=1S/C18H23FN2O/c19-15-4-2-1-3-14(15)18(5-6-18)16(22)21-11-8-17(9-12-21)7-10-20-13-17/h1-4,20H,5-13H2. The molecular formula is C18H23FN2O. The number of hydrogen-bond donors (Lipinski definition) is 1. The zero-order valence-electron chi connectivity index (χ0n) is 12.9. The third-order valence-electron chi connectivity index (χ3n) is 5.99. The van der Waals surface area contributed by atoms with Gasteiger partial charge in [-0.05, 0) is 50.1 Å². The molecule has 1 amide bonds. The lowest BCUT2D eigenvalue weighted by atomic mass is 9.77. The van der Waals surface area contributed by atoms with Crippen LogP contribution in [0.15, 0.2) is 24.3 Å². The highest BCUT2D eigenvalue weighted by molar-refractivity contribution is 5.91. The van der Waals surface area contributed by atoms with E-state index < -0.39 is 5.41 Å². The van der Waals surface area contributed by atoms with Crippen LogP contribution >= 0.6 is 0 Å². The van der Waals surface area contributed by atoms with Gasteiger partial charge in [0, 0.05) is 25.2 Å². The topological polar surface area (TPSA) is 32.3 Å². The summed E-state index contributed by atoms with van der Waals surface area (Å²) in [5.41, 5.74) is 0.442. The quantitative estimate of drug-likeness (QED) is 0.910. The summed E-state index contributed by atoms with van der Waals surface area (Å²) in [5.74, 6) is -0.0831. The second-order valence-corrected chi connectivity index (χ2v) is 7.28. The van der Waals surface area contributed by atoms with E-state index in [-0.39, 0.29) is 11.7 Å². The van der Waals surface area contributed by atoms with Crippen LogP contribution in [0.25, 0.3) is 0 Å². The number of nitrogens with zero attached hydrogens (tertiary/aromatic N) is 1. The molecular weight excluding hydrogens is 279 g/mol. The van der Waals surface area contributed by atoms with E-state index in [2.05, 4.69) is 5.32 Å². The third kappa shape index (κ3) is 2.16. The molecule has 22 heavy (non-hydrogen) atoms. The Morgan fingerprint density at radius 2 is 1.82 bits per heavy atom. The van der Waals surface area contributed by atoms with Crippen LogP contribution in [0.3, 0.4) is 0 Å². The lowest BCUT2D eigenvalue weighted by Gasteiger charge is -2.40. The molecule has 2 saturated heterocycles. The Morgan fingerprint density at radius 1 is 1.09 bits per heavy atom. The number of hydrogen-bond acceptors (Lipinski definition) is 2. The molecule has 4 rings (SSSR count). The van der Waals surface area contributed by atoms with Crippen LogP contribution in [0.4, 0.5) is 4.39 Å². The van der Waals surface area contributed by atoms with E-state index >= 15 is 0 Å². The summed E-state index contributed by atoms with van der Waals surface area (Å²) in [6.07, 6.45) is 4.97. The van der Waals surface area contributed by atoms with E-state index in [1.807, 2.05) is 11.0 Å². The fourth-order valence-electron chi connectivity index (χ4n) is 4.28. The average Bonchev–Trinajstić information content (AvgIpc) is 3.23. The predicted octanol–water partition coefficient (Wildman–Crippen LogP) is 2.46. The van der Waals surface area contributed by atoms with Crippen molar-refractivity contribution in [2.45, 2.75) is 37.5 Å². The van der Waals surface area contributed by atoms with Crippen LogP contribution in [0.1, 0.15) is 37.7 Å². The number of likely N-dealkylation sites (tertiary alicyclic amines) is 1. The lowest BCUT2D eigenvalue weighted by molar-refractivity contribution is -0.136. The molecule has 3 aliphatic rings. The molecule has 1 saturated carbocycles. The Kier molecular flexibility index (Phi) is 3.26. The first-order valence-corrected chi connectivity index (χ1v) is 8.40. The molecule has 2 aliphatic heterocycles. The van der Waals surface area contributed by atoms with Crippen molar-refractivity contribution < 1.29 is 9.18 Å². The van der Waals surface area contributed by atoms with Crippen LogP contribution in [0.2, 0.25) is 0 Å². The first kappa shape index (κ1) is 14.2. The van der Waals surface area contributed by atoms with Gasteiger partial charge >= 0.3 is 0 Å². The first-order valence-electron chi connectivity index (χ1n) is 8.40. The van der Waals surface area contributed by atoms with Crippen molar-refractivity contribution in [1.29, 1.82) is 0 Å². The van der Waals surface area contributed by atoms with Gasteiger partial charge in [-0.25, -0.2) is 4.39 Å². The molecule has 2 heterocycles. The van der Waals surface area contributed by atoms with Crippen molar-refractivity contribution in [3.05, 3.63) is 35.6 Å². The van der Waals surface area contributed by atoms with Crippen LogP contribution in [0.5, 0.6) is 0 Å². The fourth-order valence-corrected chi connectivity index (χ4v) is 4.28. The minimum absolute atomic E-state index is 0.151. The fraction of sp³-hybridized carbons (Fsp3) is 0.611. The van der Waals surface area contributed by atoms with Crippen molar-refractivity contribution in [2.75, 3.05) is 26.2 Å². The van der Waals surface area contributed by atoms with Crippen LogP contribution in [0, 0.1) is 11.2 Å². The second kappa shape index (κ2) is 5.05. The van der Waals surface area contributed by atoms with Crippen LogP contribution < -0.4 is 5.32 Å². The normalized spacial score (nSPS) is 25.4. The van der Waals surface area contributed by atoms with E-state index in [0.29, 0.717) is 11.0 Å². The molecule has 1 N–H and O–H groups in total. The largest absolute Gasteiger partial charge is 0.342 e. The summed E-state index contributed by atoms with van der Waals surface area (Å²) < 4.78 is 14.1. The average molecular weight is 302 g/mol. The van der Waals surface area contributed by atoms with Crippen molar-refractivity contribution in [2.24, 2.45) is 5.41 Å². The lowest BCUT2D eigenvalue weighted by Crippen LogP contribution is -2.47. The highest BCUT2D eigenvalue weighted by Gasteiger charge is 2.55. The molecule has 0 bridgehead atoms. The predicted molar refractivity (Wildman–Crippen MR) is 83.0 cm³/mol. The van der Waals surface area contributed by atoms with Crippen LogP contribution in [-0.4, -0.2) is 37.0 Å². The maximum absolute atomic E-state index is 14.1. The first-order chi connectivity index (χ1) is 10.7. The maximum Gasteiger partial charge on any atom is 0.233 e. The molecule has 3 fully saturated rings. The number of halogens is 1. The molecule has 0 atom stereocenters. The molecule has 3 nitrogen and oxygen atoms in total. The SMILES string of the molecule is O=C(N1CCC2(CCNC2)CC1)C1(c2ccccc2F)CC1. The molecule has 0 aromatic heterocycles. The number of amides is 1. The number of carbonyl (C=O) groups excluding carboxylic acids is 1. The van der Waals surface area contributed by atoms with Gasteiger partial charge in [-0.3, -0.25) is 4.79 Å². The third-order valence-corrected chi connectivity index (χ3v) is 5.99. The molecule has 1 aromatic rings. The number of benzene rings is 1. The summed E-state index contributed by atoms with van der Waals surface area (Å²) in [6.45, 7) is 3.86. The smallest absolute Gasteiger partial charge is 0.233 e. The number of rotatable bonds is 2. The number of carbonyl (C=O) groups is 1. The number of piperidine rings is 1. The molecule has 1 spiro atoms. The highest BCUT2D eigenvalue weighted by Crippen LogP contribution is 2.51. The Balaban J connectivity index is 1.50. The van der Waals surface area contributed by atoms with Crippen molar-refractivity contribution in [1.82, 2.24) is 10.2 Å². The monoisotopic (exact) mass is 302 g/mol. The zero-order valence-corrected chi connectivity index (χ0v) is 12.9. The summed E-state index contributed by atoms with van der Waals surface area (Å²) >= 11 is 0. The van der Waals surface area contributed by atoms with Gasteiger partial charge in [-0.1, -0.05) is 18.2 Å². The zero-order chi connectivity index (χ0) is 15.2. The highest BCUT2D eigenvalue weighted by atomic mass is 19.1. The van der Waals surface area contributed by atoms with Gasteiger partial charge < -0.3 is 10.2 Å². The van der Waals surface area contributed by atoms with Gasteiger partial charge in [0.15, 0.2) is 0 Å². The number of nitrogens with one attached hydrogen (secondary N) is 1. The molecule has 118 valence electrons. The summed E-state index contributed by atoms with van der Waals surface area (Å²) in [4.78, 5) is 15.0. The van der Waals surface area contributed by atoms with Gasteiger partial charge in [0.25, 0.3) is 0 Å². The van der Waals surface area contributed by atoms with Gasteiger partial charge in [0.2, 0.25) is 5.91 Å². The van der Waals surface area contributed by atoms with E-state index in [1.54, 1.807) is 12.1 Å². The molecule has 0 radical (unpaired) electrons. The van der Waals surface area contributed by atoms with Crippen LogP contribution in [-0.2, 0) is 10.2 Å². The van der Waals surface area contributed by atoms with E-state index in [1.165, 1.54) is 12.5 Å². The minimum Gasteiger partial charge on any atom is -0.342 e. The Labute approximate surface area is 130 Å². The molecule has 1 aromatic carbocycles. The van der Waals surface area contributed by atoms with Gasteiger partial charge in [0.1, 0.15) is 5.82 Å². The van der Waals surface area contributed by atoms with Crippen molar-refractivity contribution in [3.63, 3.8) is 0 Å². The summed E-state index contributed by atoms with van der Waals surface area (Å²) in [5, 5.41) is 3.45. The van der Waals surface area contributed by atoms with Crippen molar-refractivity contribution >= 4 is 5.91 Å². The molecule has 0 unspecified atom stereocenters. The van der Waals surface area contributed by atoms with E-state index in [0.717, 1.165) is 51.9 Å². The molecule has 1 aliphatic carbocycles. The van der Waals surface area contributed by atoms with E-state index in [4.69, 9.17) is 0 Å². The summed E-state index contributed by atoms with van der Waals surface area (Å²) in [7, 11) is 0. The molecule has 4 heteroatoms. The van der Waals surface area contributed by atoms with Crippen molar-refractivity contribution in [3.8, 4) is 0 Å².